The fourth-order valence-electron chi connectivity index (χ4n) is 3.56. The highest BCUT2D eigenvalue weighted by Gasteiger charge is 2.28. The average molecular weight is 461 g/mol. The van der Waals surface area contributed by atoms with Crippen LogP contribution in [0.5, 0.6) is 0 Å². The number of carbonyl (C=O) groups is 2. The summed E-state index contributed by atoms with van der Waals surface area (Å²) < 4.78 is 43.5. The first-order valence-electron chi connectivity index (χ1n) is 10.3. The molecule has 168 valence electrons. The van der Waals surface area contributed by atoms with Crippen LogP contribution in [-0.4, -0.2) is 31.6 Å². The predicted molar refractivity (Wildman–Crippen MR) is 119 cm³/mol. The number of H-pyrrole nitrogens is 1. The number of ketones is 1. The number of nitrogens with one attached hydrogen (secondary N) is 3. The molecule has 4 rings (SSSR count). The number of anilines is 2. The van der Waals surface area contributed by atoms with Gasteiger partial charge < -0.3 is 15.0 Å². The molecule has 0 saturated heterocycles. The van der Waals surface area contributed by atoms with E-state index >= 15 is 0 Å². The molecule has 3 aromatic rings. The minimum absolute atomic E-state index is 0.0102. The van der Waals surface area contributed by atoms with Gasteiger partial charge in [0.2, 0.25) is 0 Å². The second-order valence-corrected chi connectivity index (χ2v) is 9.01. The summed E-state index contributed by atoms with van der Waals surface area (Å²) in [5.41, 5.74) is 0.124. The van der Waals surface area contributed by atoms with Crippen molar-refractivity contribution >= 4 is 45.1 Å². The van der Waals surface area contributed by atoms with Gasteiger partial charge in [0.25, 0.3) is 5.91 Å². The Balaban J connectivity index is 1.60. The number of halogens is 2. The summed E-state index contributed by atoms with van der Waals surface area (Å²) >= 11 is 0. The summed E-state index contributed by atoms with van der Waals surface area (Å²) in [6.45, 7) is 1.82. The maximum absolute atomic E-state index is 14.8. The summed E-state index contributed by atoms with van der Waals surface area (Å²) in [4.78, 5) is 32.5. The molecule has 7 nitrogen and oxygen atoms in total. The minimum Gasteiger partial charge on any atom is -0.345 e. The number of hydrogen-bond acceptors (Lipinski definition) is 4. The van der Waals surface area contributed by atoms with Gasteiger partial charge in [-0.25, -0.2) is 18.0 Å². The topological polar surface area (TPSA) is 104 Å². The van der Waals surface area contributed by atoms with Gasteiger partial charge in [-0.3, -0.25) is 9.59 Å². The van der Waals surface area contributed by atoms with Crippen molar-refractivity contribution in [3.63, 3.8) is 0 Å². The number of pyridine rings is 1. The molecule has 32 heavy (non-hydrogen) atoms. The number of nitrogens with zero attached hydrogens (tertiary/aromatic N) is 1. The van der Waals surface area contributed by atoms with Crippen molar-refractivity contribution in [1.82, 2.24) is 9.97 Å². The molecule has 0 aliphatic heterocycles. The fourth-order valence-corrected chi connectivity index (χ4v) is 4.43. The van der Waals surface area contributed by atoms with Crippen LogP contribution < -0.4 is 10.0 Å². The van der Waals surface area contributed by atoms with Gasteiger partial charge in [-0.1, -0.05) is 13.3 Å². The summed E-state index contributed by atoms with van der Waals surface area (Å²) in [5, 5.41) is 2.97. The zero-order chi connectivity index (χ0) is 22.8. The van der Waals surface area contributed by atoms with Crippen molar-refractivity contribution in [2.24, 2.45) is 5.92 Å². The molecule has 0 bridgehead atoms. The molecule has 1 unspecified atom stereocenters. The predicted octanol–water partition coefficient (Wildman–Crippen LogP) is 4.56. The van der Waals surface area contributed by atoms with Crippen molar-refractivity contribution in [2.45, 2.75) is 32.6 Å². The van der Waals surface area contributed by atoms with Crippen LogP contribution in [0.25, 0.3) is 11.0 Å². The van der Waals surface area contributed by atoms with E-state index in [-0.39, 0.29) is 28.8 Å². The molecule has 1 atom stereocenters. The van der Waals surface area contributed by atoms with E-state index in [9.17, 15) is 22.6 Å². The molecular formula is C22H22F2N4O3S. The second kappa shape index (κ2) is 9.15. The molecule has 1 aliphatic rings. The first-order valence-corrected chi connectivity index (χ1v) is 11.7. The summed E-state index contributed by atoms with van der Waals surface area (Å²) in [6, 6.07) is 3.59. The molecule has 2 aromatic heterocycles. The van der Waals surface area contributed by atoms with Crippen molar-refractivity contribution in [1.29, 1.82) is 0 Å². The van der Waals surface area contributed by atoms with E-state index < -0.39 is 34.1 Å². The molecule has 1 fully saturated rings. The van der Waals surface area contributed by atoms with E-state index in [0.717, 1.165) is 31.4 Å². The fraction of sp³-hybridized carbons (Fsp3) is 0.318. The number of hydrogen-bond donors (Lipinski definition) is 3. The number of carbonyl (C=O) groups excluding carboxylic acids is 2. The number of amides is 1. The normalized spacial score (nSPS) is 14.7. The highest BCUT2D eigenvalue weighted by molar-refractivity contribution is 7.86. The van der Waals surface area contributed by atoms with E-state index in [1.54, 1.807) is 12.3 Å². The van der Waals surface area contributed by atoms with Crippen LogP contribution in [0.3, 0.4) is 0 Å². The van der Waals surface area contributed by atoms with Crippen LogP contribution in [0, 0.1) is 17.6 Å². The van der Waals surface area contributed by atoms with Gasteiger partial charge in [0.05, 0.1) is 17.6 Å². The zero-order valence-corrected chi connectivity index (χ0v) is 18.2. The molecule has 3 N–H and O–H groups in total. The Morgan fingerprint density at radius 2 is 2.06 bits per heavy atom. The number of benzene rings is 1. The van der Waals surface area contributed by atoms with E-state index in [1.165, 1.54) is 6.20 Å². The highest BCUT2D eigenvalue weighted by atomic mass is 32.2. The number of aromatic nitrogens is 2. The quantitative estimate of drug-likeness (QED) is 0.429. The van der Waals surface area contributed by atoms with Crippen molar-refractivity contribution in [3.05, 3.63) is 53.4 Å². The molecule has 0 radical (unpaired) electrons. The Morgan fingerprint density at radius 1 is 1.28 bits per heavy atom. The molecule has 1 saturated carbocycles. The van der Waals surface area contributed by atoms with E-state index in [2.05, 4.69) is 20.0 Å². The molecule has 0 spiro atoms. The number of rotatable bonds is 8. The third-order valence-electron chi connectivity index (χ3n) is 5.46. The van der Waals surface area contributed by atoms with Gasteiger partial charge >= 0.3 is 0 Å². The summed E-state index contributed by atoms with van der Waals surface area (Å²) in [6.07, 6.45) is 6.26. The van der Waals surface area contributed by atoms with Crippen LogP contribution >= 0.6 is 0 Å². The lowest BCUT2D eigenvalue weighted by molar-refractivity contribution is 0.0856. The molecular weight excluding hydrogens is 438 g/mol. The highest BCUT2D eigenvalue weighted by Crippen LogP contribution is 2.32. The van der Waals surface area contributed by atoms with Crippen LogP contribution in [-0.2, 0) is 11.0 Å². The standard InChI is InChI=1S/C22H22F2N4O3S/c1-2-8-32(31)28-17-7-6-16(23)18(19(17)24)22(30)27-13-9-14-15(11-26-21(14)25-10-13)20(29)12-4-3-5-12/h6-7,9-12,28H,2-5,8H2,1H3,(H,25,26)(H,27,30). The maximum atomic E-state index is 14.8. The summed E-state index contributed by atoms with van der Waals surface area (Å²) in [7, 11) is -1.56. The van der Waals surface area contributed by atoms with E-state index in [0.29, 0.717) is 23.0 Å². The smallest absolute Gasteiger partial charge is 0.261 e. The Hall–Kier alpha value is -3.14. The van der Waals surface area contributed by atoms with Crippen LogP contribution in [0.2, 0.25) is 0 Å². The zero-order valence-electron chi connectivity index (χ0n) is 17.3. The van der Waals surface area contributed by atoms with Crippen molar-refractivity contribution < 1.29 is 22.6 Å². The van der Waals surface area contributed by atoms with Gasteiger partial charge in [0.15, 0.2) is 11.6 Å². The third kappa shape index (κ3) is 4.27. The molecule has 2 heterocycles. The Labute approximate surface area is 185 Å². The molecule has 1 aliphatic carbocycles. The van der Waals surface area contributed by atoms with Crippen LogP contribution in [0.15, 0.2) is 30.6 Å². The van der Waals surface area contributed by atoms with Gasteiger partial charge in [-0.2, -0.15) is 0 Å². The number of fused-ring (bicyclic) bond motifs is 1. The summed E-state index contributed by atoms with van der Waals surface area (Å²) in [5.74, 6) is -2.92. The van der Waals surface area contributed by atoms with Gasteiger partial charge in [-0.05, 0) is 37.5 Å². The SMILES string of the molecule is CCCS(=O)Nc1ccc(F)c(C(=O)Nc2cnc3[nH]cc(C(=O)C4CCC4)c3c2)c1F. The lowest BCUT2D eigenvalue weighted by Crippen LogP contribution is -2.21. The molecule has 10 heteroatoms. The minimum atomic E-state index is -1.56. The van der Waals surface area contributed by atoms with Crippen molar-refractivity contribution in [2.75, 3.05) is 15.8 Å². The van der Waals surface area contributed by atoms with Crippen molar-refractivity contribution in [3.8, 4) is 0 Å². The average Bonchev–Trinajstić information content (AvgIpc) is 3.12. The monoisotopic (exact) mass is 460 g/mol. The van der Waals surface area contributed by atoms with Gasteiger partial charge in [-0.15, -0.1) is 0 Å². The van der Waals surface area contributed by atoms with Gasteiger partial charge in [0, 0.05) is 28.8 Å². The van der Waals surface area contributed by atoms with E-state index in [1.807, 2.05) is 6.92 Å². The Morgan fingerprint density at radius 3 is 2.75 bits per heavy atom. The lowest BCUT2D eigenvalue weighted by Gasteiger charge is -2.23. The Bertz CT molecular complexity index is 1220. The largest absolute Gasteiger partial charge is 0.345 e. The third-order valence-corrected chi connectivity index (χ3v) is 6.69. The molecule has 1 aromatic carbocycles. The molecule has 1 amide bonds. The second-order valence-electron chi connectivity index (χ2n) is 7.70. The Kier molecular flexibility index (Phi) is 6.31. The number of Topliss-reactive ketones (excluding diaryl/α,β-unsaturated/α-hetero) is 1. The number of aromatic amines is 1. The first-order chi connectivity index (χ1) is 15.4. The first kappa shape index (κ1) is 22.1. The van der Waals surface area contributed by atoms with Crippen LogP contribution in [0.1, 0.15) is 53.3 Å². The maximum Gasteiger partial charge on any atom is 0.261 e. The van der Waals surface area contributed by atoms with Crippen LogP contribution in [0.4, 0.5) is 20.2 Å². The van der Waals surface area contributed by atoms with Gasteiger partial charge in [0.1, 0.15) is 28.0 Å². The van der Waals surface area contributed by atoms with E-state index in [4.69, 9.17) is 0 Å². The lowest BCUT2D eigenvalue weighted by atomic mass is 9.80.